The highest BCUT2D eigenvalue weighted by Gasteiger charge is 2.14. The Hall–Kier alpha value is -3.60. The number of methoxy groups -OCH3 is 2. The minimum absolute atomic E-state index is 0.00371. The molecule has 1 N–H and O–H groups in total. The van der Waals surface area contributed by atoms with Crippen molar-refractivity contribution in [2.45, 2.75) is 6.42 Å². The van der Waals surface area contributed by atoms with Gasteiger partial charge < -0.3 is 14.5 Å². The molecule has 4 rings (SSSR count). The SMILES string of the molecule is COc1ccc(C(=O)Cc2ccc(-c3nc4ccccc4[nH]3)cc2)c(OC)c1. The van der Waals surface area contributed by atoms with Crippen LogP contribution in [-0.4, -0.2) is 30.0 Å². The van der Waals surface area contributed by atoms with Crippen LogP contribution in [0.4, 0.5) is 0 Å². The van der Waals surface area contributed by atoms with Gasteiger partial charge in [0.15, 0.2) is 5.78 Å². The van der Waals surface area contributed by atoms with Crippen molar-refractivity contribution in [2.75, 3.05) is 14.2 Å². The second-order valence-electron chi connectivity index (χ2n) is 6.47. The van der Waals surface area contributed by atoms with E-state index in [1.807, 2.05) is 48.5 Å². The zero-order valence-corrected chi connectivity index (χ0v) is 15.7. The number of hydrogen-bond donors (Lipinski definition) is 1. The van der Waals surface area contributed by atoms with Crippen molar-refractivity contribution in [3.63, 3.8) is 0 Å². The molecule has 4 aromatic rings. The molecule has 0 unspecified atom stereocenters. The van der Waals surface area contributed by atoms with E-state index in [4.69, 9.17) is 9.47 Å². The zero-order chi connectivity index (χ0) is 19.5. The van der Waals surface area contributed by atoms with Crippen molar-refractivity contribution in [1.29, 1.82) is 0 Å². The van der Waals surface area contributed by atoms with Crippen molar-refractivity contribution in [2.24, 2.45) is 0 Å². The number of rotatable bonds is 6. The number of ether oxygens (including phenoxy) is 2. The molecule has 0 saturated carbocycles. The number of carbonyl (C=O) groups is 1. The Labute approximate surface area is 163 Å². The van der Waals surface area contributed by atoms with E-state index in [9.17, 15) is 4.79 Å². The molecule has 0 aliphatic heterocycles. The van der Waals surface area contributed by atoms with E-state index in [2.05, 4.69) is 9.97 Å². The van der Waals surface area contributed by atoms with Gasteiger partial charge in [-0.1, -0.05) is 36.4 Å². The van der Waals surface area contributed by atoms with Gasteiger partial charge >= 0.3 is 0 Å². The highest BCUT2D eigenvalue weighted by molar-refractivity contribution is 6.00. The molecule has 5 nitrogen and oxygen atoms in total. The van der Waals surface area contributed by atoms with Gasteiger partial charge in [-0.2, -0.15) is 0 Å². The van der Waals surface area contributed by atoms with Gasteiger partial charge in [0, 0.05) is 18.1 Å². The lowest BCUT2D eigenvalue weighted by molar-refractivity contribution is 0.0990. The standard InChI is InChI=1S/C23H20N2O3/c1-27-17-11-12-18(22(14-17)28-2)21(26)13-15-7-9-16(10-8-15)23-24-19-5-3-4-6-20(19)25-23/h3-12,14H,13H2,1-2H3,(H,24,25). The summed E-state index contributed by atoms with van der Waals surface area (Å²) in [5, 5.41) is 0. The number of H-pyrrole nitrogens is 1. The number of nitrogens with one attached hydrogen (secondary N) is 1. The second kappa shape index (κ2) is 7.56. The lowest BCUT2D eigenvalue weighted by atomic mass is 10.0. The molecule has 1 aromatic heterocycles. The van der Waals surface area contributed by atoms with Crippen LogP contribution in [0, 0.1) is 0 Å². The second-order valence-corrected chi connectivity index (χ2v) is 6.47. The lowest BCUT2D eigenvalue weighted by Gasteiger charge is -2.10. The molecule has 0 aliphatic carbocycles. The van der Waals surface area contributed by atoms with Crippen molar-refractivity contribution in [3.05, 3.63) is 77.9 Å². The first-order chi connectivity index (χ1) is 13.7. The maximum absolute atomic E-state index is 12.7. The van der Waals surface area contributed by atoms with Crippen LogP contribution in [0.15, 0.2) is 66.7 Å². The maximum atomic E-state index is 12.7. The number of ketones is 1. The van der Waals surface area contributed by atoms with Gasteiger partial charge in [-0.15, -0.1) is 0 Å². The molecular formula is C23H20N2O3. The monoisotopic (exact) mass is 372 g/mol. The van der Waals surface area contributed by atoms with Gasteiger partial charge in [0.25, 0.3) is 0 Å². The van der Waals surface area contributed by atoms with Crippen molar-refractivity contribution < 1.29 is 14.3 Å². The van der Waals surface area contributed by atoms with Gasteiger partial charge in [0.05, 0.1) is 30.8 Å². The van der Waals surface area contributed by atoms with E-state index in [-0.39, 0.29) is 5.78 Å². The molecular weight excluding hydrogens is 352 g/mol. The molecule has 0 aliphatic rings. The number of aromatic nitrogens is 2. The van der Waals surface area contributed by atoms with Crippen LogP contribution >= 0.6 is 0 Å². The van der Waals surface area contributed by atoms with Crippen LogP contribution in [-0.2, 0) is 6.42 Å². The summed E-state index contributed by atoms with van der Waals surface area (Å²) in [6.45, 7) is 0. The van der Waals surface area contributed by atoms with Crippen molar-refractivity contribution in [3.8, 4) is 22.9 Å². The van der Waals surface area contributed by atoms with Crippen LogP contribution in [0.3, 0.4) is 0 Å². The van der Waals surface area contributed by atoms with Crippen LogP contribution in [0.25, 0.3) is 22.4 Å². The van der Waals surface area contributed by atoms with Gasteiger partial charge in [0.1, 0.15) is 17.3 Å². The molecule has 0 bridgehead atoms. The highest BCUT2D eigenvalue weighted by Crippen LogP contribution is 2.26. The fourth-order valence-corrected chi connectivity index (χ4v) is 3.18. The normalized spacial score (nSPS) is 10.8. The average molecular weight is 372 g/mol. The number of benzene rings is 3. The molecule has 5 heteroatoms. The van der Waals surface area contributed by atoms with E-state index < -0.39 is 0 Å². The average Bonchev–Trinajstić information content (AvgIpc) is 3.18. The number of fused-ring (bicyclic) bond motifs is 1. The van der Waals surface area contributed by atoms with Gasteiger partial charge in [-0.25, -0.2) is 4.98 Å². The quantitative estimate of drug-likeness (QED) is 0.500. The lowest BCUT2D eigenvalue weighted by Crippen LogP contribution is -2.06. The fourth-order valence-electron chi connectivity index (χ4n) is 3.18. The Kier molecular flexibility index (Phi) is 4.81. The molecule has 0 saturated heterocycles. The molecule has 0 atom stereocenters. The summed E-state index contributed by atoms with van der Waals surface area (Å²) in [4.78, 5) is 20.7. The number of carbonyl (C=O) groups excluding carboxylic acids is 1. The van der Waals surface area contributed by atoms with Gasteiger partial charge in [-0.05, 0) is 29.8 Å². The van der Waals surface area contributed by atoms with Crippen LogP contribution in [0.1, 0.15) is 15.9 Å². The van der Waals surface area contributed by atoms with E-state index in [1.165, 1.54) is 0 Å². The predicted molar refractivity (Wildman–Crippen MR) is 109 cm³/mol. The summed E-state index contributed by atoms with van der Waals surface area (Å²) in [6.07, 6.45) is 0.295. The minimum Gasteiger partial charge on any atom is -0.497 e. The molecule has 0 amide bonds. The summed E-state index contributed by atoms with van der Waals surface area (Å²) >= 11 is 0. The summed E-state index contributed by atoms with van der Waals surface area (Å²) in [5.74, 6) is 1.98. The van der Waals surface area contributed by atoms with Crippen molar-refractivity contribution >= 4 is 16.8 Å². The van der Waals surface area contributed by atoms with E-state index in [1.54, 1.807) is 32.4 Å². The van der Waals surface area contributed by atoms with Crippen molar-refractivity contribution in [1.82, 2.24) is 9.97 Å². The number of nitrogens with zero attached hydrogens (tertiary/aromatic N) is 1. The Morgan fingerprint density at radius 3 is 2.46 bits per heavy atom. The minimum atomic E-state index is -0.00371. The number of aromatic amines is 1. The Morgan fingerprint density at radius 1 is 0.964 bits per heavy atom. The molecule has 140 valence electrons. The number of Topliss-reactive ketones (excluding diaryl/α,β-unsaturated/α-hetero) is 1. The van der Waals surface area contributed by atoms with E-state index in [0.29, 0.717) is 23.5 Å². The Balaban J connectivity index is 1.54. The third-order valence-corrected chi connectivity index (χ3v) is 4.69. The molecule has 0 radical (unpaired) electrons. The van der Waals surface area contributed by atoms with E-state index in [0.717, 1.165) is 28.0 Å². The summed E-state index contributed by atoms with van der Waals surface area (Å²) in [7, 11) is 3.13. The predicted octanol–water partition coefficient (Wildman–Crippen LogP) is 4.67. The zero-order valence-electron chi connectivity index (χ0n) is 15.7. The maximum Gasteiger partial charge on any atom is 0.170 e. The third-order valence-electron chi connectivity index (χ3n) is 4.69. The Bertz CT molecular complexity index is 1100. The van der Waals surface area contributed by atoms with Crippen LogP contribution in [0.2, 0.25) is 0 Å². The number of para-hydroxylation sites is 2. The third kappa shape index (κ3) is 3.47. The van der Waals surface area contributed by atoms with Gasteiger partial charge in [-0.3, -0.25) is 4.79 Å². The first-order valence-corrected chi connectivity index (χ1v) is 8.97. The topological polar surface area (TPSA) is 64.2 Å². The number of imidazole rings is 1. The first-order valence-electron chi connectivity index (χ1n) is 8.97. The highest BCUT2D eigenvalue weighted by atomic mass is 16.5. The molecule has 28 heavy (non-hydrogen) atoms. The smallest absolute Gasteiger partial charge is 0.170 e. The molecule has 3 aromatic carbocycles. The first kappa shape index (κ1) is 17.8. The van der Waals surface area contributed by atoms with Crippen LogP contribution in [0.5, 0.6) is 11.5 Å². The summed E-state index contributed by atoms with van der Waals surface area (Å²) in [5.41, 5.74) is 4.40. The molecule has 0 fully saturated rings. The Morgan fingerprint density at radius 2 is 1.75 bits per heavy atom. The van der Waals surface area contributed by atoms with E-state index >= 15 is 0 Å². The van der Waals surface area contributed by atoms with Crippen LogP contribution < -0.4 is 9.47 Å². The van der Waals surface area contributed by atoms with Gasteiger partial charge in [0.2, 0.25) is 0 Å². The summed E-state index contributed by atoms with van der Waals surface area (Å²) < 4.78 is 10.5. The fraction of sp³-hybridized carbons (Fsp3) is 0.130. The largest absolute Gasteiger partial charge is 0.497 e. The molecule has 1 heterocycles. The summed E-state index contributed by atoms with van der Waals surface area (Å²) in [6, 6.07) is 21.0. The molecule has 0 spiro atoms. The number of hydrogen-bond acceptors (Lipinski definition) is 4.